The Morgan fingerprint density at radius 3 is 2.29 bits per heavy atom. The molecule has 0 radical (unpaired) electrons. The van der Waals surface area contributed by atoms with Crippen molar-refractivity contribution in [3.8, 4) is 17.2 Å². The third-order valence-electron chi connectivity index (χ3n) is 8.96. The van der Waals surface area contributed by atoms with Crippen LogP contribution in [0.3, 0.4) is 0 Å². The van der Waals surface area contributed by atoms with E-state index in [0.717, 1.165) is 33.7 Å². The number of fused-ring (bicyclic) bond motifs is 4. The van der Waals surface area contributed by atoms with Gasteiger partial charge in [-0.05, 0) is 60.9 Å². The van der Waals surface area contributed by atoms with E-state index in [-0.39, 0.29) is 23.0 Å². The number of nitrogens with zero attached hydrogens (tertiary/aromatic N) is 2. The van der Waals surface area contributed by atoms with Crippen molar-refractivity contribution in [1.29, 1.82) is 0 Å². The topological polar surface area (TPSA) is 104 Å². The largest absolute Gasteiger partial charge is 0.497 e. The predicted octanol–water partition coefficient (Wildman–Crippen LogP) is 4.47. The summed E-state index contributed by atoms with van der Waals surface area (Å²) in [5.41, 5.74) is 3.83. The second kappa shape index (κ2) is 11.3. The van der Waals surface area contributed by atoms with Crippen molar-refractivity contribution in [1.82, 2.24) is 14.2 Å². The van der Waals surface area contributed by atoms with Crippen LogP contribution in [0.2, 0.25) is 0 Å². The van der Waals surface area contributed by atoms with Gasteiger partial charge in [-0.25, -0.2) is 8.42 Å². The van der Waals surface area contributed by atoms with Gasteiger partial charge in [0.2, 0.25) is 10.0 Å². The quantitative estimate of drug-likeness (QED) is 0.312. The first-order chi connectivity index (χ1) is 20.3. The molecule has 3 heterocycles. The van der Waals surface area contributed by atoms with Gasteiger partial charge in [0.05, 0.1) is 38.9 Å². The number of aliphatic hydroxyl groups excluding tert-OH is 1. The first-order valence-electron chi connectivity index (χ1n) is 14.1. The number of hydrogen-bond donors (Lipinski definition) is 2. The minimum absolute atomic E-state index is 0.0554. The van der Waals surface area contributed by atoms with Gasteiger partial charge >= 0.3 is 0 Å². The maximum atomic E-state index is 13.6. The van der Waals surface area contributed by atoms with Crippen molar-refractivity contribution in [2.24, 2.45) is 0 Å². The highest BCUT2D eigenvalue weighted by Crippen LogP contribution is 2.50. The molecule has 1 atom stereocenters. The number of H-pyrrole nitrogens is 1. The van der Waals surface area contributed by atoms with E-state index >= 15 is 0 Å². The molecule has 0 saturated carbocycles. The molecular weight excluding hydrogens is 554 g/mol. The summed E-state index contributed by atoms with van der Waals surface area (Å²) in [6.45, 7) is 1.99. The van der Waals surface area contributed by atoms with Crippen molar-refractivity contribution >= 4 is 20.9 Å². The van der Waals surface area contributed by atoms with Crippen LogP contribution in [0.4, 0.5) is 0 Å². The summed E-state index contributed by atoms with van der Waals surface area (Å²) in [6.07, 6.45) is 1.30. The molecule has 0 unspecified atom stereocenters. The lowest BCUT2D eigenvalue weighted by molar-refractivity contribution is 0.0530. The molecule has 2 N–H and O–H groups in total. The number of rotatable bonds is 8. The Morgan fingerprint density at radius 1 is 0.929 bits per heavy atom. The van der Waals surface area contributed by atoms with Crippen LogP contribution in [-0.2, 0) is 22.0 Å². The maximum Gasteiger partial charge on any atom is 0.243 e. The molecule has 3 aromatic carbocycles. The molecule has 0 aliphatic carbocycles. The Bertz CT molecular complexity index is 1680. The number of hydrogen-bond acceptors (Lipinski definition) is 7. The van der Waals surface area contributed by atoms with Crippen LogP contribution in [-0.4, -0.2) is 75.3 Å². The van der Waals surface area contributed by atoms with Crippen molar-refractivity contribution in [2.75, 3.05) is 47.6 Å². The molecule has 9 nitrogen and oxygen atoms in total. The number of methoxy groups -OCH3 is 3. The normalized spacial score (nSPS) is 19.1. The van der Waals surface area contributed by atoms with E-state index < -0.39 is 10.0 Å². The van der Waals surface area contributed by atoms with Gasteiger partial charge in [-0.2, -0.15) is 4.31 Å². The number of sulfonamides is 1. The molecular formula is C32H37N3O6S. The summed E-state index contributed by atoms with van der Waals surface area (Å²) >= 11 is 0. The van der Waals surface area contributed by atoms with Crippen LogP contribution in [0, 0.1) is 0 Å². The van der Waals surface area contributed by atoms with E-state index in [2.05, 4.69) is 22.0 Å². The van der Waals surface area contributed by atoms with Gasteiger partial charge in [0.1, 0.15) is 17.2 Å². The molecule has 2 aliphatic rings. The SMILES string of the molecule is COc1ccc(S(=O)(=O)N2CCC3(CC2)CN(Cc2ccccc2OC)[C@@H](CO)c2[nH]c4cc(OC)ccc4c23)cc1. The summed E-state index contributed by atoms with van der Waals surface area (Å²) in [7, 11) is 1.22. The standard InChI is InChI=1S/C32H37N3O6S/c1-39-23-8-11-25(12-9-23)42(37,38)35-16-14-32(15-17-35)21-34(19-22-6-4-5-7-29(22)41-3)28(20-36)31-30(32)26-13-10-24(40-2)18-27(26)33-31/h4-13,18,28,33,36H,14-17,19-21H2,1-3H3/t28-/m0/s1. The van der Waals surface area contributed by atoms with Crippen molar-refractivity contribution in [2.45, 2.75) is 35.7 Å². The lowest BCUT2D eigenvalue weighted by Crippen LogP contribution is -2.54. The van der Waals surface area contributed by atoms with E-state index in [0.29, 0.717) is 44.8 Å². The molecule has 1 fully saturated rings. The summed E-state index contributed by atoms with van der Waals surface area (Å²) < 4.78 is 45.2. The number of aromatic amines is 1. The number of para-hydroxylation sites is 1. The fourth-order valence-corrected chi connectivity index (χ4v) is 8.23. The van der Waals surface area contributed by atoms with Gasteiger partial charge in [0, 0.05) is 59.8 Å². The Hall–Kier alpha value is -3.57. The number of ether oxygens (including phenoxy) is 3. The number of piperidine rings is 1. The molecule has 10 heteroatoms. The minimum atomic E-state index is -3.66. The van der Waals surface area contributed by atoms with Crippen LogP contribution < -0.4 is 14.2 Å². The average Bonchev–Trinajstić information content (AvgIpc) is 3.41. The van der Waals surface area contributed by atoms with E-state index in [1.165, 1.54) is 5.56 Å². The smallest absolute Gasteiger partial charge is 0.243 e. The second-order valence-electron chi connectivity index (χ2n) is 11.1. The molecule has 0 bridgehead atoms. The van der Waals surface area contributed by atoms with E-state index in [1.807, 2.05) is 30.3 Å². The Kier molecular flexibility index (Phi) is 7.65. The summed E-state index contributed by atoms with van der Waals surface area (Å²) in [6, 6.07) is 20.3. The zero-order valence-corrected chi connectivity index (χ0v) is 25.0. The van der Waals surface area contributed by atoms with E-state index in [4.69, 9.17) is 14.2 Å². The van der Waals surface area contributed by atoms with E-state index in [1.54, 1.807) is 49.9 Å². The van der Waals surface area contributed by atoms with Crippen molar-refractivity contribution in [3.05, 3.63) is 83.6 Å². The Morgan fingerprint density at radius 2 is 1.62 bits per heavy atom. The van der Waals surface area contributed by atoms with Crippen molar-refractivity contribution < 1.29 is 27.7 Å². The molecule has 1 spiro atoms. The van der Waals surface area contributed by atoms with Crippen LogP contribution in [0.15, 0.2) is 71.6 Å². The van der Waals surface area contributed by atoms with Gasteiger partial charge in [0.25, 0.3) is 0 Å². The van der Waals surface area contributed by atoms with Gasteiger partial charge in [-0.3, -0.25) is 4.90 Å². The lowest BCUT2D eigenvalue weighted by atomic mass is 9.68. The average molecular weight is 592 g/mol. The third-order valence-corrected chi connectivity index (χ3v) is 10.9. The monoisotopic (exact) mass is 591 g/mol. The first kappa shape index (κ1) is 28.5. The van der Waals surface area contributed by atoms with Crippen LogP contribution in [0.1, 0.15) is 35.7 Å². The molecule has 0 amide bonds. The lowest BCUT2D eigenvalue weighted by Gasteiger charge is -2.50. The fraction of sp³-hybridized carbons (Fsp3) is 0.375. The summed E-state index contributed by atoms with van der Waals surface area (Å²) in [5, 5.41) is 11.8. The van der Waals surface area contributed by atoms with Gasteiger partial charge < -0.3 is 24.3 Å². The van der Waals surface area contributed by atoms with Crippen molar-refractivity contribution in [3.63, 3.8) is 0 Å². The molecule has 4 aromatic rings. The molecule has 42 heavy (non-hydrogen) atoms. The van der Waals surface area contributed by atoms with Gasteiger partial charge in [-0.1, -0.05) is 18.2 Å². The van der Waals surface area contributed by atoms with Gasteiger partial charge in [-0.15, -0.1) is 0 Å². The first-order valence-corrected chi connectivity index (χ1v) is 15.6. The number of aromatic nitrogens is 1. The summed E-state index contributed by atoms with van der Waals surface area (Å²) in [4.78, 5) is 6.20. The maximum absolute atomic E-state index is 13.6. The number of nitrogens with one attached hydrogen (secondary N) is 1. The predicted molar refractivity (Wildman–Crippen MR) is 161 cm³/mol. The highest BCUT2D eigenvalue weighted by Gasteiger charge is 2.48. The minimum Gasteiger partial charge on any atom is -0.497 e. The van der Waals surface area contributed by atoms with E-state index in [9.17, 15) is 13.5 Å². The zero-order valence-electron chi connectivity index (χ0n) is 24.2. The number of aliphatic hydroxyl groups is 1. The van der Waals surface area contributed by atoms with Crippen LogP contribution in [0.25, 0.3) is 10.9 Å². The number of benzene rings is 3. The third kappa shape index (κ3) is 4.82. The Balaban J connectivity index is 1.39. The van der Waals surface area contributed by atoms with Gasteiger partial charge in [0.15, 0.2) is 0 Å². The van der Waals surface area contributed by atoms with Crippen LogP contribution >= 0.6 is 0 Å². The molecule has 222 valence electrons. The molecule has 2 aliphatic heterocycles. The molecule has 1 aromatic heterocycles. The van der Waals surface area contributed by atoms with Crippen LogP contribution in [0.5, 0.6) is 17.2 Å². The highest BCUT2D eigenvalue weighted by molar-refractivity contribution is 7.89. The Labute approximate surface area is 246 Å². The molecule has 1 saturated heterocycles. The fourth-order valence-electron chi connectivity index (χ4n) is 6.79. The zero-order chi connectivity index (χ0) is 29.5. The summed E-state index contributed by atoms with van der Waals surface area (Å²) in [5.74, 6) is 2.17. The highest BCUT2D eigenvalue weighted by atomic mass is 32.2. The molecule has 6 rings (SSSR count). The second-order valence-corrected chi connectivity index (χ2v) is 13.0.